The number of amides is 3. The van der Waals surface area contributed by atoms with Crippen LogP contribution in [0.3, 0.4) is 0 Å². The lowest BCUT2D eigenvalue weighted by atomic mass is 10.0. The maximum Gasteiger partial charge on any atom is 0.317 e. The van der Waals surface area contributed by atoms with Crippen molar-refractivity contribution < 1.29 is 19.2 Å². The molecule has 2 heterocycles. The third kappa shape index (κ3) is 4.09. The average molecular weight is 361 g/mol. The maximum atomic E-state index is 12.6. The minimum absolute atomic E-state index is 0.0333. The molecule has 26 heavy (non-hydrogen) atoms. The number of carbonyl (C=O) groups excluding carboxylic acids is 2. The van der Waals surface area contributed by atoms with Gasteiger partial charge in [-0.3, -0.25) is 4.79 Å². The van der Waals surface area contributed by atoms with Gasteiger partial charge in [-0.25, -0.2) is 4.79 Å². The molecule has 2 saturated heterocycles. The van der Waals surface area contributed by atoms with Crippen LogP contribution in [0, 0.1) is 0 Å². The van der Waals surface area contributed by atoms with Crippen molar-refractivity contribution in [2.24, 2.45) is 0 Å². The maximum absolute atomic E-state index is 12.6. The van der Waals surface area contributed by atoms with E-state index in [1.165, 1.54) is 4.90 Å². The van der Waals surface area contributed by atoms with Crippen molar-refractivity contribution in [1.82, 2.24) is 10.2 Å². The monoisotopic (exact) mass is 361 g/mol. The Morgan fingerprint density at radius 3 is 2.54 bits per heavy atom. The molecule has 1 aromatic carbocycles. The van der Waals surface area contributed by atoms with Gasteiger partial charge >= 0.3 is 6.03 Å². The van der Waals surface area contributed by atoms with Crippen LogP contribution in [0.1, 0.15) is 19.3 Å². The molecule has 2 aliphatic heterocycles. The molecule has 0 unspecified atom stereocenters. The van der Waals surface area contributed by atoms with E-state index in [4.69, 9.17) is 4.74 Å². The van der Waals surface area contributed by atoms with Gasteiger partial charge in [0.25, 0.3) is 0 Å². The van der Waals surface area contributed by atoms with Crippen LogP contribution >= 0.6 is 0 Å². The molecule has 1 aromatic rings. The van der Waals surface area contributed by atoms with E-state index in [9.17, 15) is 9.59 Å². The first-order valence-electron chi connectivity index (χ1n) is 9.27. The number of likely N-dealkylation sites (tertiary alicyclic amines) is 1. The topological polar surface area (TPSA) is 66.3 Å². The first-order chi connectivity index (χ1) is 12.5. The van der Waals surface area contributed by atoms with Gasteiger partial charge in [0.15, 0.2) is 0 Å². The summed E-state index contributed by atoms with van der Waals surface area (Å²) in [6.45, 7) is 2.69. The Balaban J connectivity index is 1.55. The van der Waals surface area contributed by atoms with Gasteiger partial charge in [0.05, 0.1) is 33.3 Å². The summed E-state index contributed by atoms with van der Waals surface area (Å²) in [7, 11) is 5.66. The molecule has 1 atom stereocenters. The lowest BCUT2D eigenvalue weighted by Crippen LogP contribution is -3.10. The van der Waals surface area contributed by atoms with E-state index in [2.05, 4.69) is 12.4 Å². The number of methoxy groups -OCH3 is 1. The fourth-order valence-electron chi connectivity index (χ4n) is 3.74. The van der Waals surface area contributed by atoms with Crippen LogP contribution in [-0.4, -0.2) is 69.8 Å². The number of anilines is 1. The molecule has 0 radical (unpaired) electrons. The molecule has 142 valence electrons. The fourth-order valence-corrected chi connectivity index (χ4v) is 3.74. The predicted molar refractivity (Wildman–Crippen MR) is 99.7 cm³/mol. The highest BCUT2D eigenvalue weighted by Gasteiger charge is 2.33. The number of benzene rings is 1. The van der Waals surface area contributed by atoms with Gasteiger partial charge in [-0.05, 0) is 24.3 Å². The van der Waals surface area contributed by atoms with Crippen molar-refractivity contribution in [3.05, 3.63) is 24.3 Å². The van der Waals surface area contributed by atoms with E-state index >= 15 is 0 Å². The van der Waals surface area contributed by atoms with Gasteiger partial charge in [0.1, 0.15) is 5.75 Å². The minimum atomic E-state index is -0.156. The van der Waals surface area contributed by atoms with E-state index in [1.54, 1.807) is 12.0 Å². The summed E-state index contributed by atoms with van der Waals surface area (Å²) in [5.41, 5.74) is 0.833. The number of piperidine rings is 1. The zero-order chi connectivity index (χ0) is 18.7. The Labute approximate surface area is 154 Å². The molecule has 2 aliphatic rings. The Kier molecular flexibility index (Phi) is 5.66. The van der Waals surface area contributed by atoms with E-state index in [1.807, 2.05) is 36.2 Å². The summed E-state index contributed by atoms with van der Waals surface area (Å²) in [4.78, 5) is 30.0. The molecular formula is C19H29N4O3+. The highest BCUT2D eigenvalue weighted by atomic mass is 16.5. The highest BCUT2D eigenvalue weighted by molar-refractivity contribution is 5.96. The Morgan fingerprint density at radius 2 is 1.92 bits per heavy atom. The zero-order valence-corrected chi connectivity index (χ0v) is 15.8. The summed E-state index contributed by atoms with van der Waals surface area (Å²) in [6, 6.07) is 7.46. The van der Waals surface area contributed by atoms with Gasteiger partial charge in [-0.1, -0.05) is 0 Å². The van der Waals surface area contributed by atoms with E-state index in [-0.39, 0.29) is 24.0 Å². The molecule has 7 heteroatoms. The van der Waals surface area contributed by atoms with Crippen LogP contribution in [-0.2, 0) is 4.79 Å². The Hall–Kier alpha value is -2.28. The summed E-state index contributed by atoms with van der Waals surface area (Å²) >= 11 is 0. The van der Waals surface area contributed by atoms with Crippen LogP contribution in [0.25, 0.3) is 0 Å². The second kappa shape index (κ2) is 7.95. The molecule has 3 amide bonds. The number of ether oxygens (including phenoxy) is 1. The SMILES string of the molecule is COc1ccc(N2C[C@@H](NC(=O)N(C)C3CC[NH+](C)CC3)CC2=O)cc1. The van der Waals surface area contributed by atoms with Crippen molar-refractivity contribution in [2.75, 3.05) is 45.7 Å². The van der Waals surface area contributed by atoms with Gasteiger partial charge in [-0.15, -0.1) is 0 Å². The molecule has 0 aliphatic carbocycles. The third-order valence-corrected chi connectivity index (χ3v) is 5.51. The van der Waals surface area contributed by atoms with Gasteiger partial charge in [0, 0.05) is 44.6 Å². The molecule has 0 aromatic heterocycles. The van der Waals surface area contributed by atoms with Crippen LogP contribution in [0.15, 0.2) is 24.3 Å². The van der Waals surface area contributed by atoms with Crippen LogP contribution < -0.4 is 19.9 Å². The molecule has 0 bridgehead atoms. The van der Waals surface area contributed by atoms with Crippen LogP contribution in [0.4, 0.5) is 10.5 Å². The van der Waals surface area contributed by atoms with Gasteiger partial charge in [-0.2, -0.15) is 0 Å². The summed E-state index contributed by atoms with van der Waals surface area (Å²) in [5, 5.41) is 3.03. The first kappa shape index (κ1) is 18.5. The number of hydrogen-bond donors (Lipinski definition) is 2. The highest BCUT2D eigenvalue weighted by Crippen LogP contribution is 2.24. The number of hydrogen-bond acceptors (Lipinski definition) is 3. The van der Waals surface area contributed by atoms with Crippen molar-refractivity contribution >= 4 is 17.6 Å². The second-order valence-corrected chi connectivity index (χ2v) is 7.35. The molecule has 0 saturated carbocycles. The number of urea groups is 1. The normalized spacial score (nSPS) is 25.9. The van der Waals surface area contributed by atoms with Gasteiger partial charge < -0.3 is 24.8 Å². The second-order valence-electron chi connectivity index (χ2n) is 7.35. The van der Waals surface area contributed by atoms with Crippen molar-refractivity contribution in [3.63, 3.8) is 0 Å². The standard InChI is InChI=1S/C19H28N4O3/c1-21-10-8-15(9-11-21)22(2)19(25)20-14-12-18(24)23(13-14)16-4-6-17(26-3)7-5-16/h4-7,14-15H,8-13H2,1-3H3,(H,20,25)/p+1/t14-/m0/s1. The molecule has 2 N–H and O–H groups in total. The Morgan fingerprint density at radius 1 is 1.27 bits per heavy atom. The summed E-state index contributed by atoms with van der Waals surface area (Å²) in [5.74, 6) is 0.790. The smallest absolute Gasteiger partial charge is 0.317 e. The molecule has 0 spiro atoms. The van der Waals surface area contributed by atoms with Gasteiger partial charge in [0.2, 0.25) is 5.91 Å². The summed E-state index contributed by atoms with van der Waals surface area (Å²) in [6.07, 6.45) is 2.39. The number of rotatable bonds is 4. The van der Waals surface area contributed by atoms with E-state index in [0.29, 0.717) is 13.0 Å². The summed E-state index contributed by atoms with van der Waals surface area (Å²) < 4.78 is 5.16. The number of carbonyl (C=O) groups is 2. The van der Waals surface area contributed by atoms with Crippen LogP contribution in [0.5, 0.6) is 5.75 Å². The van der Waals surface area contributed by atoms with Crippen molar-refractivity contribution in [2.45, 2.75) is 31.3 Å². The fraction of sp³-hybridized carbons (Fsp3) is 0.579. The Bertz CT molecular complexity index is 641. The number of nitrogens with zero attached hydrogens (tertiary/aromatic N) is 2. The number of quaternary nitrogens is 1. The molecule has 3 rings (SSSR count). The largest absolute Gasteiger partial charge is 0.497 e. The van der Waals surface area contributed by atoms with E-state index < -0.39 is 0 Å². The number of nitrogens with one attached hydrogen (secondary N) is 2. The predicted octanol–water partition coefficient (Wildman–Crippen LogP) is 0.119. The molecular weight excluding hydrogens is 332 g/mol. The zero-order valence-electron chi connectivity index (χ0n) is 15.8. The molecule has 2 fully saturated rings. The third-order valence-electron chi connectivity index (χ3n) is 5.51. The lowest BCUT2D eigenvalue weighted by molar-refractivity contribution is -0.885. The quantitative estimate of drug-likeness (QED) is 0.801. The average Bonchev–Trinajstić information content (AvgIpc) is 3.02. The lowest BCUT2D eigenvalue weighted by Gasteiger charge is -2.33. The van der Waals surface area contributed by atoms with Crippen molar-refractivity contribution in [3.8, 4) is 5.75 Å². The van der Waals surface area contributed by atoms with Crippen LogP contribution in [0.2, 0.25) is 0 Å². The minimum Gasteiger partial charge on any atom is -0.497 e. The van der Waals surface area contributed by atoms with Crippen molar-refractivity contribution in [1.29, 1.82) is 0 Å². The van der Waals surface area contributed by atoms with E-state index in [0.717, 1.165) is 37.4 Å². The first-order valence-corrected chi connectivity index (χ1v) is 9.27. The molecule has 7 nitrogen and oxygen atoms in total.